The number of ketones is 1. The van der Waals surface area contributed by atoms with Crippen LogP contribution in [0.25, 0.3) is 0 Å². The van der Waals surface area contributed by atoms with Crippen molar-refractivity contribution in [1.29, 1.82) is 0 Å². The van der Waals surface area contributed by atoms with Crippen molar-refractivity contribution >= 4 is 5.78 Å². The van der Waals surface area contributed by atoms with Gasteiger partial charge in [0, 0.05) is 19.2 Å². The van der Waals surface area contributed by atoms with Crippen LogP contribution in [0.5, 0.6) is 0 Å². The lowest BCUT2D eigenvalue weighted by Gasteiger charge is -2.08. The summed E-state index contributed by atoms with van der Waals surface area (Å²) >= 11 is 0. The van der Waals surface area contributed by atoms with Crippen molar-refractivity contribution in [2.45, 2.75) is 40.0 Å². The highest BCUT2D eigenvalue weighted by Gasteiger charge is 2.10. The second-order valence-electron chi connectivity index (χ2n) is 4.32. The predicted octanol–water partition coefficient (Wildman–Crippen LogP) is 2.14. The molecule has 0 aliphatic rings. The van der Waals surface area contributed by atoms with Crippen molar-refractivity contribution in [2.24, 2.45) is 13.0 Å². The van der Waals surface area contributed by atoms with Crippen molar-refractivity contribution in [3.05, 3.63) is 17.5 Å². The molecule has 3 nitrogen and oxygen atoms in total. The van der Waals surface area contributed by atoms with Crippen LogP contribution in [0.2, 0.25) is 0 Å². The molecule has 0 saturated heterocycles. The molecule has 0 aliphatic carbocycles. The number of hydrogen-bond donors (Lipinski definition) is 0. The molecule has 1 atom stereocenters. The molecule has 0 spiro atoms. The fourth-order valence-electron chi connectivity index (χ4n) is 1.86. The topological polar surface area (TPSA) is 34.9 Å². The molecule has 0 aromatic carbocycles. The van der Waals surface area contributed by atoms with Crippen LogP contribution in [-0.2, 0) is 24.7 Å². The van der Waals surface area contributed by atoms with Crippen molar-refractivity contribution in [2.75, 3.05) is 0 Å². The molecule has 0 fully saturated rings. The maximum absolute atomic E-state index is 11.0. The third-order valence-electron chi connectivity index (χ3n) is 2.58. The molecule has 3 heteroatoms. The Labute approximate surface area is 91.5 Å². The lowest BCUT2D eigenvalue weighted by molar-refractivity contribution is -0.117. The standard InChI is InChI=1S/C12H20N2O/c1-5-11-8-12(14(4)13-11)7-9(2)6-10(3)15/h8-9H,5-7H2,1-4H3. The number of aromatic nitrogens is 2. The number of carbonyl (C=O) groups excluding carboxylic acids is 1. The number of Topliss-reactive ketones (excluding diaryl/α,β-unsaturated/α-hetero) is 1. The van der Waals surface area contributed by atoms with Gasteiger partial charge < -0.3 is 4.79 Å². The monoisotopic (exact) mass is 208 g/mol. The molecule has 1 aromatic heterocycles. The Morgan fingerprint density at radius 1 is 1.60 bits per heavy atom. The minimum absolute atomic E-state index is 0.264. The van der Waals surface area contributed by atoms with Crippen LogP contribution in [0.1, 0.15) is 38.6 Å². The van der Waals surface area contributed by atoms with Gasteiger partial charge in [-0.2, -0.15) is 5.10 Å². The second-order valence-corrected chi connectivity index (χ2v) is 4.32. The van der Waals surface area contributed by atoms with Crippen LogP contribution >= 0.6 is 0 Å². The Morgan fingerprint density at radius 2 is 2.27 bits per heavy atom. The number of rotatable bonds is 5. The first-order chi connectivity index (χ1) is 7.02. The normalized spacial score (nSPS) is 12.8. The zero-order chi connectivity index (χ0) is 11.4. The molecule has 15 heavy (non-hydrogen) atoms. The van der Waals surface area contributed by atoms with E-state index in [2.05, 4.69) is 25.0 Å². The summed E-state index contributed by atoms with van der Waals surface area (Å²) in [5, 5.41) is 4.39. The van der Waals surface area contributed by atoms with Gasteiger partial charge in [0.1, 0.15) is 5.78 Å². The van der Waals surface area contributed by atoms with Gasteiger partial charge in [-0.1, -0.05) is 13.8 Å². The molecule has 1 rings (SSSR count). The van der Waals surface area contributed by atoms with Gasteiger partial charge in [0.05, 0.1) is 5.69 Å². The summed E-state index contributed by atoms with van der Waals surface area (Å²) in [4.78, 5) is 11.0. The minimum atomic E-state index is 0.264. The lowest BCUT2D eigenvalue weighted by Crippen LogP contribution is -2.08. The van der Waals surface area contributed by atoms with Crippen LogP contribution in [0.4, 0.5) is 0 Å². The van der Waals surface area contributed by atoms with Crippen molar-refractivity contribution in [1.82, 2.24) is 9.78 Å². The van der Waals surface area contributed by atoms with E-state index in [1.165, 1.54) is 5.69 Å². The molecule has 1 unspecified atom stereocenters. The third-order valence-corrected chi connectivity index (χ3v) is 2.58. The Kier molecular flexibility index (Phi) is 4.06. The fourth-order valence-corrected chi connectivity index (χ4v) is 1.86. The highest BCUT2D eigenvalue weighted by Crippen LogP contribution is 2.13. The Hall–Kier alpha value is -1.12. The SMILES string of the molecule is CCc1cc(CC(C)CC(C)=O)n(C)n1. The summed E-state index contributed by atoms with van der Waals surface area (Å²) in [5.41, 5.74) is 2.35. The first-order valence-electron chi connectivity index (χ1n) is 5.54. The zero-order valence-electron chi connectivity index (χ0n) is 10.1. The summed E-state index contributed by atoms with van der Waals surface area (Å²) in [6.07, 6.45) is 2.56. The van der Waals surface area contributed by atoms with E-state index in [1.54, 1.807) is 6.92 Å². The average molecular weight is 208 g/mol. The predicted molar refractivity (Wildman–Crippen MR) is 60.8 cm³/mol. The molecule has 0 amide bonds. The van der Waals surface area contributed by atoms with Crippen molar-refractivity contribution in [3.8, 4) is 0 Å². The second kappa shape index (κ2) is 5.10. The first kappa shape index (κ1) is 12.0. The Bertz CT molecular complexity index is 341. The molecular weight excluding hydrogens is 188 g/mol. The van der Waals surface area contributed by atoms with Crippen LogP contribution in [0.15, 0.2) is 6.07 Å². The molecule has 84 valence electrons. The van der Waals surface area contributed by atoms with E-state index in [0.717, 1.165) is 18.5 Å². The van der Waals surface area contributed by atoms with Gasteiger partial charge in [-0.05, 0) is 31.7 Å². The maximum Gasteiger partial charge on any atom is 0.130 e. The highest BCUT2D eigenvalue weighted by atomic mass is 16.1. The number of carbonyl (C=O) groups is 1. The maximum atomic E-state index is 11.0. The Balaban J connectivity index is 2.63. The molecule has 0 bridgehead atoms. The summed E-state index contributed by atoms with van der Waals surface area (Å²) in [6, 6.07) is 2.14. The first-order valence-corrected chi connectivity index (χ1v) is 5.54. The summed E-state index contributed by atoms with van der Waals surface area (Å²) in [6.45, 7) is 5.86. The fraction of sp³-hybridized carbons (Fsp3) is 0.667. The lowest BCUT2D eigenvalue weighted by atomic mass is 9.99. The average Bonchev–Trinajstić information content (AvgIpc) is 2.46. The van der Waals surface area contributed by atoms with Crippen LogP contribution in [0.3, 0.4) is 0 Å². The smallest absolute Gasteiger partial charge is 0.130 e. The van der Waals surface area contributed by atoms with E-state index < -0.39 is 0 Å². The summed E-state index contributed by atoms with van der Waals surface area (Å²) < 4.78 is 1.93. The van der Waals surface area contributed by atoms with Gasteiger partial charge in [-0.15, -0.1) is 0 Å². The summed E-state index contributed by atoms with van der Waals surface area (Å²) in [7, 11) is 1.97. The largest absolute Gasteiger partial charge is 0.300 e. The van der Waals surface area contributed by atoms with Crippen LogP contribution in [-0.4, -0.2) is 15.6 Å². The number of hydrogen-bond acceptors (Lipinski definition) is 2. The molecular formula is C12H20N2O. The Morgan fingerprint density at radius 3 is 2.73 bits per heavy atom. The van der Waals surface area contributed by atoms with Gasteiger partial charge in [0.2, 0.25) is 0 Å². The zero-order valence-corrected chi connectivity index (χ0v) is 10.1. The molecule has 0 radical (unpaired) electrons. The van der Waals surface area contributed by atoms with Crippen LogP contribution in [0, 0.1) is 5.92 Å². The van der Waals surface area contributed by atoms with Gasteiger partial charge in [-0.25, -0.2) is 0 Å². The van der Waals surface area contributed by atoms with Gasteiger partial charge in [0.25, 0.3) is 0 Å². The van der Waals surface area contributed by atoms with Crippen LogP contribution < -0.4 is 0 Å². The molecule has 1 heterocycles. The van der Waals surface area contributed by atoms with Crippen molar-refractivity contribution in [3.63, 3.8) is 0 Å². The minimum Gasteiger partial charge on any atom is -0.300 e. The molecule has 0 aliphatic heterocycles. The highest BCUT2D eigenvalue weighted by molar-refractivity contribution is 5.75. The quantitative estimate of drug-likeness (QED) is 0.743. The van der Waals surface area contributed by atoms with Gasteiger partial charge in [0.15, 0.2) is 0 Å². The molecule has 0 saturated carbocycles. The molecule has 0 N–H and O–H groups in total. The molecule has 1 aromatic rings. The van der Waals surface area contributed by atoms with E-state index in [1.807, 2.05) is 11.7 Å². The summed E-state index contributed by atoms with van der Waals surface area (Å²) in [5.74, 6) is 0.669. The van der Waals surface area contributed by atoms with E-state index in [9.17, 15) is 4.79 Å². The van der Waals surface area contributed by atoms with E-state index >= 15 is 0 Å². The van der Waals surface area contributed by atoms with Gasteiger partial charge >= 0.3 is 0 Å². The van der Waals surface area contributed by atoms with E-state index in [4.69, 9.17) is 0 Å². The van der Waals surface area contributed by atoms with Gasteiger partial charge in [-0.3, -0.25) is 4.68 Å². The van der Waals surface area contributed by atoms with E-state index in [-0.39, 0.29) is 5.78 Å². The van der Waals surface area contributed by atoms with Crippen molar-refractivity contribution < 1.29 is 4.79 Å². The number of nitrogens with zero attached hydrogens (tertiary/aromatic N) is 2. The third kappa shape index (κ3) is 3.50. The van der Waals surface area contributed by atoms with E-state index in [0.29, 0.717) is 12.3 Å². The number of aryl methyl sites for hydroxylation is 2.